The quantitative estimate of drug-likeness (QED) is 0.615. The van der Waals surface area contributed by atoms with Crippen molar-refractivity contribution in [1.29, 1.82) is 0 Å². The number of halogens is 1. The number of benzene rings is 1. The molecule has 0 aliphatic rings. The molecular weight excluding hydrogens is 275 g/mol. The van der Waals surface area contributed by atoms with Crippen molar-refractivity contribution in [2.24, 2.45) is 0 Å². The Bertz CT molecular complexity index is 353. The van der Waals surface area contributed by atoms with E-state index in [1.165, 1.54) is 12.1 Å². The highest BCUT2D eigenvalue weighted by Gasteiger charge is 2.39. The molecule has 0 atom stereocenters. The molecule has 0 radical (unpaired) electrons. The fourth-order valence-corrected chi connectivity index (χ4v) is 4.77. The molecule has 0 aliphatic heterocycles. The van der Waals surface area contributed by atoms with Crippen molar-refractivity contribution < 1.29 is 17.7 Å². The first-order chi connectivity index (χ1) is 9.65. The SMILES string of the molecule is CCO[Si](CCCc1ccc(F)cc1)(OCC)OCC. The molecule has 0 unspecified atom stereocenters. The van der Waals surface area contributed by atoms with Crippen molar-refractivity contribution in [1.82, 2.24) is 0 Å². The van der Waals surface area contributed by atoms with Gasteiger partial charge in [-0.2, -0.15) is 0 Å². The lowest BCUT2D eigenvalue weighted by Crippen LogP contribution is -2.46. The van der Waals surface area contributed by atoms with Crippen LogP contribution in [0.15, 0.2) is 24.3 Å². The van der Waals surface area contributed by atoms with Gasteiger partial charge in [-0.05, 0) is 51.3 Å². The normalized spacial score (nSPS) is 11.8. The average molecular weight is 300 g/mol. The van der Waals surface area contributed by atoms with E-state index < -0.39 is 8.80 Å². The van der Waals surface area contributed by atoms with Crippen LogP contribution in [0.2, 0.25) is 6.04 Å². The fourth-order valence-electron chi connectivity index (χ4n) is 2.16. The van der Waals surface area contributed by atoms with Crippen LogP contribution in [0.4, 0.5) is 4.39 Å². The maximum atomic E-state index is 12.8. The van der Waals surface area contributed by atoms with Crippen LogP contribution in [0.25, 0.3) is 0 Å². The molecule has 0 fully saturated rings. The lowest BCUT2D eigenvalue weighted by atomic mass is 10.1. The summed E-state index contributed by atoms with van der Waals surface area (Å²) in [5, 5.41) is 0. The zero-order valence-electron chi connectivity index (χ0n) is 12.7. The van der Waals surface area contributed by atoms with Crippen LogP contribution in [0.1, 0.15) is 32.8 Å². The van der Waals surface area contributed by atoms with Crippen molar-refractivity contribution in [2.45, 2.75) is 39.7 Å². The summed E-state index contributed by atoms with van der Waals surface area (Å²) < 4.78 is 30.3. The third kappa shape index (κ3) is 5.71. The Morgan fingerprint density at radius 1 is 0.900 bits per heavy atom. The molecule has 0 aliphatic carbocycles. The molecule has 1 rings (SSSR count). The first kappa shape index (κ1) is 17.3. The minimum Gasteiger partial charge on any atom is -0.374 e. The highest BCUT2D eigenvalue weighted by atomic mass is 28.4. The van der Waals surface area contributed by atoms with E-state index in [1.54, 1.807) is 0 Å². The Balaban J connectivity index is 2.54. The third-order valence-electron chi connectivity index (χ3n) is 2.95. The number of rotatable bonds is 10. The van der Waals surface area contributed by atoms with Crippen molar-refractivity contribution >= 4 is 8.80 Å². The van der Waals surface area contributed by atoms with E-state index in [0.29, 0.717) is 19.8 Å². The predicted octanol–water partition coefficient (Wildman–Crippen LogP) is 3.81. The molecule has 0 saturated carbocycles. The Morgan fingerprint density at radius 3 is 1.85 bits per heavy atom. The third-order valence-corrected chi connectivity index (χ3v) is 6.11. The molecule has 3 nitrogen and oxygen atoms in total. The fraction of sp³-hybridized carbons (Fsp3) is 0.600. The molecule has 0 amide bonds. The van der Waals surface area contributed by atoms with Crippen LogP contribution in [0.5, 0.6) is 0 Å². The topological polar surface area (TPSA) is 27.7 Å². The summed E-state index contributed by atoms with van der Waals surface area (Å²) in [6.07, 6.45) is 1.79. The molecule has 1 aromatic rings. The minimum atomic E-state index is -2.53. The van der Waals surface area contributed by atoms with Gasteiger partial charge in [-0.15, -0.1) is 0 Å². The van der Waals surface area contributed by atoms with E-state index in [0.717, 1.165) is 24.4 Å². The van der Waals surface area contributed by atoms with Crippen LogP contribution >= 0.6 is 0 Å². The van der Waals surface area contributed by atoms with Gasteiger partial charge >= 0.3 is 8.80 Å². The van der Waals surface area contributed by atoms with Gasteiger partial charge in [0, 0.05) is 25.9 Å². The molecule has 0 saturated heterocycles. The maximum Gasteiger partial charge on any atom is 0.500 e. The molecular formula is C15H25FO3Si. The first-order valence-corrected chi connectivity index (χ1v) is 9.25. The largest absolute Gasteiger partial charge is 0.500 e. The van der Waals surface area contributed by atoms with Gasteiger partial charge < -0.3 is 13.3 Å². The van der Waals surface area contributed by atoms with E-state index in [9.17, 15) is 4.39 Å². The van der Waals surface area contributed by atoms with Gasteiger partial charge in [-0.1, -0.05) is 12.1 Å². The monoisotopic (exact) mass is 300 g/mol. The van der Waals surface area contributed by atoms with Crippen molar-refractivity contribution in [3.05, 3.63) is 35.6 Å². The summed E-state index contributed by atoms with van der Waals surface area (Å²) in [5.74, 6) is -0.199. The molecule has 0 spiro atoms. The second kappa shape index (κ2) is 9.23. The summed E-state index contributed by atoms with van der Waals surface area (Å²) in [7, 11) is -2.53. The first-order valence-electron chi connectivity index (χ1n) is 7.32. The van der Waals surface area contributed by atoms with E-state index in [-0.39, 0.29) is 5.82 Å². The molecule has 0 bridgehead atoms. The Hall–Kier alpha value is -0.753. The lowest BCUT2D eigenvalue weighted by Gasteiger charge is -2.28. The van der Waals surface area contributed by atoms with Crippen LogP contribution < -0.4 is 0 Å². The smallest absolute Gasteiger partial charge is 0.374 e. The summed E-state index contributed by atoms with van der Waals surface area (Å²) in [6, 6.07) is 7.42. The zero-order chi connectivity index (χ0) is 14.8. The molecule has 0 aromatic heterocycles. The van der Waals surface area contributed by atoms with Crippen LogP contribution in [-0.2, 0) is 19.7 Å². The molecule has 0 N–H and O–H groups in total. The zero-order valence-corrected chi connectivity index (χ0v) is 13.7. The summed E-state index contributed by atoms with van der Waals surface area (Å²) >= 11 is 0. The standard InChI is InChI=1S/C15H25FO3Si/c1-4-17-20(18-5-2,19-6-3)13-7-8-14-9-11-15(16)12-10-14/h9-12H,4-8,13H2,1-3H3. The van der Waals surface area contributed by atoms with Crippen molar-refractivity contribution in [2.75, 3.05) is 19.8 Å². The van der Waals surface area contributed by atoms with Gasteiger partial charge in [-0.25, -0.2) is 4.39 Å². The van der Waals surface area contributed by atoms with E-state index in [1.807, 2.05) is 32.9 Å². The van der Waals surface area contributed by atoms with Crippen molar-refractivity contribution in [3.8, 4) is 0 Å². The van der Waals surface area contributed by atoms with Crippen molar-refractivity contribution in [3.63, 3.8) is 0 Å². The van der Waals surface area contributed by atoms with E-state index >= 15 is 0 Å². The number of aryl methyl sites for hydroxylation is 1. The molecule has 1 aromatic carbocycles. The Morgan fingerprint density at radius 2 is 1.40 bits per heavy atom. The number of hydrogen-bond acceptors (Lipinski definition) is 3. The molecule has 114 valence electrons. The van der Waals surface area contributed by atoms with Gasteiger partial charge in [0.1, 0.15) is 5.82 Å². The van der Waals surface area contributed by atoms with Gasteiger partial charge in [0.05, 0.1) is 0 Å². The second-order valence-electron chi connectivity index (χ2n) is 4.46. The number of hydrogen-bond donors (Lipinski definition) is 0. The van der Waals surface area contributed by atoms with Gasteiger partial charge in [0.25, 0.3) is 0 Å². The van der Waals surface area contributed by atoms with Crippen LogP contribution in [-0.4, -0.2) is 28.6 Å². The molecule has 0 heterocycles. The minimum absolute atomic E-state index is 0.199. The molecule has 20 heavy (non-hydrogen) atoms. The molecule has 5 heteroatoms. The highest BCUT2D eigenvalue weighted by Crippen LogP contribution is 2.20. The van der Waals surface area contributed by atoms with Gasteiger partial charge in [0.15, 0.2) is 0 Å². The summed E-state index contributed by atoms with van der Waals surface area (Å²) in [6.45, 7) is 7.67. The maximum absolute atomic E-state index is 12.8. The second-order valence-corrected chi connectivity index (χ2v) is 7.19. The predicted molar refractivity (Wildman–Crippen MR) is 80.2 cm³/mol. The van der Waals surface area contributed by atoms with Crippen LogP contribution in [0.3, 0.4) is 0 Å². The highest BCUT2D eigenvalue weighted by molar-refractivity contribution is 6.60. The van der Waals surface area contributed by atoms with Gasteiger partial charge in [0.2, 0.25) is 0 Å². The lowest BCUT2D eigenvalue weighted by molar-refractivity contribution is 0.0708. The van der Waals surface area contributed by atoms with E-state index in [4.69, 9.17) is 13.3 Å². The Labute approximate surface area is 122 Å². The van der Waals surface area contributed by atoms with E-state index in [2.05, 4.69) is 0 Å². The van der Waals surface area contributed by atoms with Crippen LogP contribution in [0, 0.1) is 5.82 Å². The van der Waals surface area contributed by atoms with Gasteiger partial charge in [-0.3, -0.25) is 0 Å². The summed E-state index contributed by atoms with van der Waals surface area (Å²) in [4.78, 5) is 0. The average Bonchev–Trinajstić information content (AvgIpc) is 2.42. The Kier molecular flexibility index (Phi) is 7.99. The summed E-state index contributed by atoms with van der Waals surface area (Å²) in [5.41, 5.74) is 1.12.